The number of Topliss-reactive ketones (excluding diaryl/α,β-unsaturated/α-hetero) is 1. The number of benzene rings is 1. The molecule has 0 saturated heterocycles. The fourth-order valence-corrected chi connectivity index (χ4v) is 1.60. The van der Waals surface area contributed by atoms with Crippen molar-refractivity contribution in [1.82, 2.24) is 0 Å². The lowest BCUT2D eigenvalue weighted by Crippen LogP contribution is -2.20. The Labute approximate surface area is 114 Å². The normalized spacial score (nSPS) is 11.2. The van der Waals surface area contributed by atoms with Crippen LogP contribution in [0.2, 0.25) is 0 Å². The highest BCUT2D eigenvalue weighted by atomic mass is 16.5. The highest BCUT2D eigenvalue weighted by molar-refractivity contribution is 6.00. The van der Waals surface area contributed by atoms with E-state index in [-0.39, 0.29) is 5.78 Å². The van der Waals surface area contributed by atoms with Gasteiger partial charge in [0.15, 0.2) is 17.3 Å². The third-order valence-electron chi connectivity index (χ3n) is 2.65. The minimum atomic E-state index is -0.413. The topological polar surface area (TPSA) is 44.8 Å². The molecule has 19 heavy (non-hydrogen) atoms. The van der Waals surface area contributed by atoms with Gasteiger partial charge in [0.2, 0.25) is 0 Å². The molecule has 0 unspecified atom stereocenters. The third-order valence-corrected chi connectivity index (χ3v) is 2.65. The second-order valence-corrected chi connectivity index (χ2v) is 5.29. The lowest BCUT2D eigenvalue weighted by molar-refractivity contribution is 0.0858. The highest BCUT2D eigenvalue weighted by Gasteiger charge is 2.23. The van der Waals surface area contributed by atoms with Crippen LogP contribution < -0.4 is 9.47 Å². The van der Waals surface area contributed by atoms with Gasteiger partial charge in [-0.3, -0.25) is 4.79 Å². The fraction of sp³-hybridized carbons (Fsp3) is 0.533. The predicted octanol–water partition coefficient (Wildman–Crippen LogP) is 2.95. The molecule has 0 bridgehead atoms. The Balaban J connectivity index is 2.92. The van der Waals surface area contributed by atoms with E-state index in [1.165, 1.54) is 0 Å². The first-order chi connectivity index (χ1) is 8.90. The standard InChI is InChI=1S/C15H22O4/c1-15(2,3)14(16)11-6-7-12(13(10-11)18-5)19-9-8-17-4/h6-7,10H,8-9H2,1-5H3. The summed E-state index contributed by atoms with van der Waals surface area (Å²) >= 11 is 0. The molecule has 0 saturated carbocycles. The summed E-state index contributed by atoms with van der Waals surface area (Å²) in [6, 6.07) is 5.24. The molecule has 4 nitrogen and oxygen atoms in total. The van der Waals surface area contributed by atoms with Crippen LogP contribution in [-0.2, 0) is 4.74 Å². The van der Waals surface area contributed by atoms with E-state index >= 15 is 0 Å². The fourth-order valence-electron chi connectivity index (χ4n) is 1.60. The van der Waals surface area contributed by atoms with Gasteiger partial charge in [0, 0.05) is 18.1 Å². The molecule has 0 spiro atoms. The van der Waals surface area contributed by atoms with Crippen molar-refractivity contribution < 1.29 is 19.0 Å². The van der Waals surface area contributed by atoms with Crippen LogP contribution in [0.15, 0.2) is 18.2 Å². The zero-order valence-corrected chi connectivity index (χ0v) is 12.3. The molecule has 0 N–H and O–H groups in total. The molecule has 1 aromatic rings. The van der Waals surface area contributed by atoms with Gasteiger partial charge in [-0.25, -0.2) is 0 Å². The minimum Gasteiger partial charge on any atom is -0.493 e. The van der Waals surface area contributed by atoms with Crippen molar-refractivity contribution in [3.8, 4) is 11.5 Å². The average Bonchev–Trinajstić information content (AvgIpc) is 2.37. The van der Waals surface area contributed by atoms with Gasteiger partial charge in [0.1, 0.15) is 6.61 Å². The van der Waals surface area contributed by atoms with E-state index in [1.54, 1.807) is 32.4 Å². The minimum absolute atomic E-state index is 0.0780. The quantitative estimate of drug-likeness (QED) is 0.586. The Kier molecular flexibility index (Phi) is 5.36. The van der Waals surface area contributed by atoms with Crippen molar-refractivity contribution >= 4 is 5.78 Å². The maximum absolute atomic E-state index is 12.2. The molecule has 0 aliphatic heterocycles. The smallest absolute Gasteiger partial charge is 0.168 e. The first-order valence-corrected chi connectivity index (χ1v) is 6.24. The van der Waals surface area contributed by atoms with Crippen LogP contribution >= 0.6 is 0 Å². The van der Waals surface area contributed by atoms with Gasteiger partial charge in [0.25, 0.3) is 0 Å². The molecule has 0 radical (unpaired) electrons. The number of hydrogen-bond donors (Lipinski definition) is 0. The molecule has 0 amide bonds. The van der Waals surface area contributed by atoms with Gasteiger partial charge in [0.05, 0.1) is 13.7 Å². The Morgan fingerprint density at radius 3 is 2.32 bits per heavy atom. The average molecular weight is 266 g/mol. The molecular weight excluding hydrogens is 244 g/mol. The van der Waals surface area contributed by atoms with E-state index in [2.05, 4.69) is 0 Å². The van der Waals surface area contributed by atoms with Gasteiger partial charge in [-0.2, -0.15) is 0 Å². The summed E-state index contributed by atoms with van der Waals surface area (Å²) in [5, 5.41) is 0. The number of ketones is 1. The molecular formula is C15H22O4. The van der Waals surface area contributed by atoms with E-state index in [9.17, 15) is 4.79 Å². The van der Waals surface area contributed by atoms with E-state index in [1.807, 2.05) is 20.8 Å². The van der Waals surface area contributed by atoms with Crippen molar-refractivity contribution in [3.63, 3.8) is 0 Å². The summed E-state index contributed by atoms with van der Waals surface area (Å²) in [6.45, 7) is 6.63. The maximum Gasteiger partial charge on any atom is 0.168 e. The maximum atomic E-state index is 12.2. The number of hydrogen-bond acceptors (Lipinski definition) is 4. The van der Waals surface area contributed by atoms with Crippen LogP contribution in [0, 0.1) is 5.41 Å². The summed E-state index contributed by atoms with van der Waals surface area (Å²) in [6.07, 6.45) is 0. The molecule has 1 aromatic carbocycles. The number of methoxy groups -OCH3 is 2. The van der Waals surface area contributed by atoms with Gasteiger partial charge in [-0.1, -0.05) is 20.8 Å². The number of ether oxygens (including phenoxy) is 3. The SMILES string of the molecule is COCCOc1ccc(C(=O)C(C)(C)C)cc1OC. The molecule has 0 heterocycles. The molecule has 106 valence electrons. The van der Waals surface area contributed by atoms with Crippen LogP contribution in [0.25, 0.3) is 0 Å². The summed E-state index contributed by atoms with van der Waals surface area (Å²) in [5.41, 5.74) is 0.215. The molecule has 0 atom stereocenters. The lowest BCUT2D eigenvalue weighted by atomic mass is 9.86. The van der Waals surface area contributed by atoms with Crippen LogP contribution in [-0.4, -0.2) is 33.2 Å². The number of carbonyl (C=O) groups is 1. The summed E-state index contributed by atoms with van der Waals surface area (Å²) < 4.78 is 15.7. The second kappa shape index (κ2) is 6.57. The van der Waals surface area contributed by atoms with Crippen LogP contribution in [0.3, 0.4) is 0 Å². The van der Waals surface area contributed by atoms with Crippen molar-refractivity contribution in [1.29, 1.82) is 0 Å². The van der Waals surface area contributed by atoms with Gasteiger partial charge < -0.3 is 14.2 Å². The highest BCUT2D eigenvalue weighted by Crippen LogP contribution is 2.30. The van der Waals surface area contributed by atoms with E-state index in [0.29, 0.717) is 30.3 Å². The van der Waals surface area contributed by atoms with Crippen LogP contribution in [0.1, 0.15) is 31.1 Å². The zero-order valence-electron chi connectivity index (χ0n) is 12.3. The molecule has 0 aromatic heterocycles. The monoisotopic (exact) mass is 266 g/mol. The predicted molar refractivity (Wildman–Crippen MR) is 74.2 cm³/mol. The zero-order chi connectivity index (χ0) is 14.5. The van der Waals surface area contributed by atoms with Crippen molar-refractivity contribution in [2.75, 3.05) is 27.4 Å². The largest absolute Gasteiger partial charge is 0.493 e. The van der Waals surface area contributed by atoms with Crippen LogP contribution in [0.4, 0.5) is 0 Å². The third kappa shape index (κ3) is 4.24. The first kappa shape index (κ1) is 15.5. The Morgan fingerprint density at radius 1 is 1.11 bits per heavy atom. The van der Waals surface area contributed by atoms with Crippen molar-refractivity contribution in [3.05, 3.63) is 23.8 Å². The van der Waals surface area contributed by atoms with Crippen molar-refractivity contribution in [2.24, 2.45) is 5.41 Å². The Morgan fingerprint density at radius 2 is 1.79 bits per heavy atom. The van der Waals surface area contributed by atoms with Gasteiger partial charge >= 0.3 is 0 Å². The van der Waals surface area contributed by atoms with Crippen LogP contribution in [0.5, 0.6) is 11.5 Å². The second-order valence-electron chi connectivity index (χ2n) is 5.29. The Bertz CT molecular complexity index is 432. The van der Waals surface area contributed by atoms with E-state index < -0.39 is 5.41 Å². The summed E-state index contributed by atoms with van der Waals surface area (Å²) in [5.74, 6) is 1.26. The lowest BCUT2D eigenvalue weighted by Gasteiger charge is -2.18. The molecule has 1 rings (SSSR count). The molecule has 0 aliphatic carbocycles. The van der Waals surface area contributed by atoms with Gasteiger partial charge in [-0.15, -0.1) is 0 Å². The van der Waals surface area contributed by atoms with Gasteiger partial charge in [-0.05, 0) is 18.2 Å². The number of rotatable bonds is 6. The van der Waals surface area contributed by atoms with E-state index in [4.69, 9.17) is 14.2 Å². The molecule has 4 heteroatoms. The first-order valence-electron chi connectivity index (χ1n) is 6.24. The van der Waals surface area contributed by atoms with Crippen molar-refractivity contribution in [2.45, 2.75) is 20.8 Å². The summed E-state index contributed by atoms with van der Waals surface area (Å²) in [4.78, 5) is 12.2. The Hall–Kier alpha value is -1.55. The molecule has 0 aliphatic rings. The number of carbonyl (C=O) groups excluding carboxylic acids is 1. The molecule has 0 fully saturated rings. The van der Waals surface area contributed by atoms with E-state index in [0.717, 1.165) is 0 Å². The summed E-state index contributed by atoms with van der Waals surface area (Å²) in [7, 11) is 3.18.